The van der Waals surface area contributed by atoms with Gasteiger partial charge in [-0.15, -0.1) is 11.3 Å². The molecule has 0 radical (unpaired) electrons. The fraction of sp³-hybridized carbons (Fsp3) is 0.500. The van der Waals surface area contributed by atoms with Crippen LogP contribution in [0.2, 0.25) is 0 Å². The van der Waals surface area contributed by atoms with Gasteiger partial charge in [0.2, 0.25) is 0 Å². The van der Waals surface area contributed by atoms with Crippen molar-refractivity contribution in [1.82, 2.24) is 20.3 Å². The molecule has 8 heteroatoms. The molecule has 0 aliphatic heterocycles. The first-order chi connectivity index (χ1) is 11.3. The third-order valence-electron chi connectivity index (χ3n) is 3.29. The molecule has 0 unspecified atom stereocenters. The minimum absolute atomic E-state index is 0.0318. The van der Waals surface area contributed by atoms with E-state index in [0.29, 0.717) is 18.8 Å². The zero-order valence-electron chi connectivity index (χ0n) is 14.3. The molecule has 0 fully saturated rings. The molecule has 6 nitrogen and oxygen atoms in total. The van der Waals surface area contributed by atoms with Gasteiger partial charge >= 0.3 is 0 Å². The van der Waals surface area contributed by atoms with Crippen molar-refractivity contribution in [1.29, 1.82) is 0 Å². The van der Waals surface area contributed by atoms with Gasteiger partial charge in [-0.25, -0.2) is 9.97 Å². The zero-order chi connectivity index (χ0) is 17.7. The maximum Gasteiger partial charge on any atom is 0.263 e. The molecular weight excluding hydrogens is 344 g/mol. The number of carbonyl (C=O) groups is 1. The molecule has 1 amide bonds. The van der Waals surface area contributed by atoms with Crippen LogP contribution in [0.4, 0.5) is 0 Å². The minimum atomic E-state index is -0.414. The Bertz CT molecular complexity index is 762. The van der Waals surface area contributed by atoms with Crippen molar-refractivity contribution in [3.8, 4) is 0 Å². The lowest BCUT2D eigenvalue weighted by Crippen LogP contribution is -2.33. The molecule has 0 saturated heterocycles. The minimum Gasteiger partial charge on any atom is -0.351 e. The summed E-state index contributed by atoms with van der Waals surface area (Å²) in [6.45, 7) is 6.28. The van der Waals surface area contributed by atoms with Gasteiger partial charge in [-0.05, 0) is 6.26 Å². The van der Waals surface area contributed by atoms with Crippen molar-refractivity contribution in [3.05, 3.63) is 44.0 Å². The molecule has 2 aromatic heterocycles. The van der Waals surface area contributed by atoms with Crippen LogP contribution in [0.3, 0.4) is 0 Å². The van der Waals surface area contributed by atoms with Crippen molar-refractivity contribution >= 4 is 29.0 Å². The van der Waals surface area contributed by atoms with E-state index in [-0.39, 0.29) is 11.0 Å². The number of nitrogens with zero attached hydrogens (tertiary/aromatic N) is 2. The standard InChI is InChI=1S/C16H22N4O2S2/c1-16(2,3)15-18-7-11(14(22)20-15)13(21)17-6-5-10-8-24-12(19-10)9-23-4/h7-8H,5-6,9H2,1-4H3,(H,17,21)(H,18,20,22). The first kappa shape index (κ1) is 18.7. The first-order valence-electron chi connectivity index (χ1n) is 7.61. The number of thioether (sulfide) groups is 1. The monoisotopic (exact) mass is 366 g/mol. The number of rotatable bonds is 6. The summed E-state index contributed by atoms with van der Waals surface area (Å²) in [4.78, 5) is 35.6. The van der Waals surface area contributed by atoms with Gasteiger partial charge in [0.15, 0.2) is 0 Å². The van der Waals surface area contributed by atoms with Gasteiger partial charge in [0.25, 0.3) is 11.5 Å². The van der Waals surface area contributed by atoms with Crippen LogP contribution in [0.5, 0.6) is 0 Å². The Hall–Kier alpha value is -1.67. The van der Waals surface area contributed by atoms with E-state index in [0.717, 1.165) is 16.5 Å². The number of nitrogens with one attached hydrogen (secondary N) is 2. The highest BCUT2D eigenvalue weighted by Crippen LogP contribution is 2.16. The average molecular weight is 367 g/mol. The normalized spacial score (nSPS) is 11.5. The van der Waals surface area contributed by atoms with Crippen LogP contribution in [0.25, 0.3) is 0 Å². The van der Waals surface area contributed by atoms with Crippen LogP contribution in [-0.2, 0) is 17.6 Å². The number of amides is 1. The predicted octanol–water partition coefficient (Wildman–Crippen LogP) is 2.36. The van der Waals surface area contributed by atoms with Gasteiger partial charge in [-0.3, -0.25) is 9.59 Å². The number of aromatic nitrogens is 3. The van der Waals surface area contributed by atoms with Gasteiger partial charge < -0.3 is 10.3 Å². The van der Waals surface area contributed by atoms with E-state index in [2.05, 4.69) is 20.3 Å². The molecule has 0 atom stereocenters. The molecule has 2 rings (SSSR count). The summed E-state index contributed by atoms with van der Waals surface area (Å²) in [5.41, 5.74) is 0.306. The van der Waals surface area contributed by atoms with E-state index in [1.807, 2.05) is 32.4 Å². The zero-order valence-corrected chi connectivity index (χ0v) is 15.9. The number of hydrogen-bond donors (Lipinski definition) is 2. The average Bonchev–Trinajstić information content (AvgIpc) is 2.94. The molecule has 0 aliphatic carbocycles. The molecule has 0 saturated carbocycles. The lowest BCUT2D eigenvalue weighted by atomic mass is 9.96. The summed E-state index contributed by atoms with van der Waals surface area (Å²) in [6.07, 6.45) is 4.02. The lowest BCUT2D eigenvalue weighted by Gasteiger charge is -2.16. The molecule has 0 bridgehead atoms. The summed E-state index contributed by atoms with van der Waals surface area (Å²) < 4.78 is 0. The topological polar surface area (TPSA) is 87.7 Å². The molecular formula is C16H22N4O2S2. The summed E-state index contributed by atoms with van der Waals surface area (Å²) in [6, 6.07) is 0. The van der Waals surface area contributed by atoms with Gasteiger partial charge in [-0.2, -0.15) is 11.8 Å². The highest BCUT2D eigenvalue weighted by atomic mass is 32.2. The highest BCUT2D eigenvalue weighted by molar-refractivity contribution is 7.97. The third kappa shape index (κ3) is 4.91. The fourth-order valence-electron chi connectivity index (χ4n) is 1.99. The van der Waals surface area contributed by atoms with Gasteiger partial charge in [0.05, 0.1) is 5.69 Å². The van der Waals surface area contributed by atoms with Crippen LogP contribution in [0.1, 0.15) is 47.7 Å². The van der Waals surface area contributed by atoms with Gasteiger partial charge in [-0.1, -0.05) is 20.8 Å². The molecule has 0 spiro atoms. The predicted molar refractivity (Wildman–Crippen MR) is 98.9 cm³/mol. The van der Waals surface area contributed by atoms with Gasteiger partial charge in [0.1, 0.15) is 16.4 Å². The lowest BCUT2D eigenvalue weighted by molar-refractivity contribution is 0.0952. The molecule has 2 aromatic rings. The van der Waals surface area contributed by atoms with Crippen LogP contribution >= 0.6 is 23.1 Å². The van der Waals surface area contributed by atoms with E-state index in [4.69, 9.17) is 0 Å². The Labute approximate surface area is 149 Å². The summed E-state index contributed by atoms with van der Waals surface area (Å²) in [7, 11) is 0. The molecule has 2 N–H and O–H groups in total. The largest absolute Gasteiger partial charge is 0.351 e. The number of hydrogen-bond acceptors (Lipinski definition) is 6. The van der Waals surface area contributed by atoms with Crippen LogP contribution in [0.15, 0.2) is 16.4 Å². The van der Waals surface area contributed by atoms with Gasteiger partial charge in [0, 0.05) is 35.7 Å². The summed E-state index contributed by atoms with van der Waals surface area (Å²) >= 11 is 3.36. The smallest absolute Gasteiger partial charge is 0.263 e. The second-order valence-electron chi connectivity index (χ2n) is 6.40. The van der Waals surface area contributed by atoms with E-state index < -0.39 is 11.5 Å². The molecule has 2 heterocycles. The van der Waals surface area contributed by atoms with Crippen LogP contribution in [0, 0.1) is 0 Å². The Morgan fingerprint density at radius 1 is 1.42 bits per heavy atom. The van der Waals surface area contributed by atoms with E-state index >= 15 is 0 Å². The molecule has 0 aliphatic rings. The number of carbonyl (C=O) groups excluding carboxylic acids is 1. The molecule has 24 heavy (non-hydrogen) atoms. The third-order valence-corrected chi connectivity index (χ3v) is 4.93. The van der Waals surface area contributed by atoms with E-state index in [1.54, 1.807) is 23.1 Å². The second kappa shape index (κ2) is 7.94. The van der Waals surface area contributed by atoms with Crippen molar-refractivity contribution in [3.63, 3.8) is 0 Å². The molecule has 130 valence electrons. The maximum atomic E-state index is 12.1. The Kier molecular flexibility index (Phi) is 6.17. The molecule has 0 aromatic carbocycles. The van der Waals surface area contributed by atoms with Crippen molar-refractivity contribution in [2.24, 2.45) is 0 Å². The first-order valence-corrected chi connectivity index (χ1v) is 9.89. The van der Waals surface area contributed by atoms with Crippen molar-refractivity contribution in [2.75, 3.05) is 12.8 Å². The summed E-state index contributed by atoms with van der Waals surface area (Å²) in [5.74, 6) is 1.05. The SMILES string of the molecule is CSCc1nc(CCNC(=O)c2cnc(C(C)(C)C)[nH]c2=O)cs1. The number of aromatic amines is 1. The Morgan fingerprint density at radius 3 is 2.79 bits per heavy atom. The van der Waals surface area contributed by atoms with Crippen LogP contribution in [-0.4, -0.2) is 33.7 Å². The number of H-pyrrole nitrogens is 1. The van der Waals surface area contributed by atoms with Crippen LogP contribution < -0.4 is 10.9 Å². The second-order valence-corrected chi connectivity index (χ2v) is 8.20. The highest BCUT2D eigenvalue weighted by Gasteiger charge is 2.19. The van der Waals surface area contributed by atoms with E-state index in [1.165, 1.54) is 6.20 Å². The van der Waals surface area contributed by atoms with Crippen molar-refractivity contribution in [2.45, 2.75) is 38.4 Å². The van der Waals surface area contributed by atoms with E-state index in [9.17, 15) is 9.59 Å². The number of thiazole rings is 1. The summed E-state index contributed by atoms with van der Waals surface area (Å²) in [5, 5.41) is 5.84. The quantitative estimate of drug-likeness (QED) is 0.819. The maximum absolute atomic E-state index is 12.1. The van der Waals surface area contributed by atoms with Crippen molar-refractivity contribution < 1.29 is 4.79 Å². The fourth-order valence-corrected chi connectivity index (χ4v) is 3.54. The Morgan fingerprint density at radius 2 is 2.17 bits per heavy atom. The Balaban J connectivity index is 1.93.